The molecule has 166 valence electrons. The number of carbonyl (C=O) groups is 2. The van der Waals surface area contributed by atoms with Crippen molar-refractivity contribution in [2.75, 3.05) is 6.54 Å². The molecule has 32 heavy (non-hydrogen) atoms. The van der Waals surface area contributed by atoms with Crippen molar-refractivity contribution in [3.8, 4) is 0 Å². The highest BCUT2D eigenvalue weighted by Gasteiger charge is 2.21. The predicted molar refractivity (Wildman–Crippen MR) is 127 cm³/mol. The average molecular weight is 432 g/mol. The molecule has 3 rings (SSSR count). The van der Waals surface area contributed by atoms with Crippen LogP contribution in [0, 0.1) is 0 Å². The molecule has 3 aromatic rings. The number of fused-ring (bicyclic) bond motifs is 1. The number of nitrogens with two attached hydrogens (primary N) is 1. The quantitative estimate of drug-likeness (QED) is 0.260. The van der Waals surface area contributed by atoms with Crippen LogP contribution in [0.1, 0.15) is 42.2 Å². The van der Waals surface area contributed by atoms with Crippen LogP contribution in [0.15, 0.2) is 71.9 Å². The second kappa shape index (κ2) is 11.6. The minimum absolute atomic E-state index is 0.240. The molecule has 7 nitrogen and oxygen atoms in total. The third-order valence-electron chi connectivity index (χ3n) is 5.12. The van der Waals surface area contributed by atoms with Gasteiger partial charge in [0.2, 0.25) is 5.91 Å². The largest absolute Gasteiger partial charge is 0.387 e. The number of hydrogen-bond acceptors (Lipinski definition) is 4. The van der Waals surface area contributed by atoms with Gasteiger partial charge in [-0.2, -0.15) is 0 Å². The second-order valence-electron chi connectivity index (χ2n) is 7.51. The van der Waals surface area contributed by atoms with E-state index < -0.39 is 6.04 Å². The molecule has 1 atom stereocenters. The first-order valence-corrected chi connectivity index (χ1v) is 10.8. The fourth-order valence-corrected chi connectivity index (χ4v) is 3.25. The highest BCUT2D eigenvalue weighted by Crippen LogP contribution is 2.13. The molecule has 0 bridgehead atoms. The van der Waals surface area contributed by atoms with Crippen LogP contribution < -0.4 is 16.4 Å². The average Bonchev–Trinajstić information content (AvgIpc) is 2.84. The van der Waals surface area contributed by atoms with E-state index in [4.69, 9.17) is 5.73 Å². The van der Waals surface area contributed by atoms with Gasteiger partial charge in [-0.05, 0) is 29.9 Å². The molecule has 0 unspecified atom stereocenters. The van der Waals surface area contributed by atoms with Gasteiger partial charge in [-0.25, -0.2) is 0 Å². The molecule has 1 heterocycles. The Morgan fingerprint density at radius 2 is 1.78 bits per heavy atom. The molecule has 0 fully saturated rings. The first-order valence-electron chi connectivity index (χ1n) is 10.8. The molecule has 0 radical (unpaired) electrons. The first-order chi connectivity index (χ1) is 15.6. The van der Waals surface area contributed by atoms with Crippen molar-refractivity contribution in [2.24, 2.45) is 10.7 Å². The Hall–Kier alpha value is -3.74. The molecule has 0 aliphatic rings. The smallest absolute Gasteiger partial charge is 0.270 e. The number of benzene rings is 2. The lowest BCUT2D eigenvalue weighted by Crippen LogP contribution is -2.46. The van der Waals surface area contributed by atoms with Gasteiger partial charge in [-0.1, -0.05) is 61.5 Å². The van der Waals surface area contributed by atoms with Crippen LogP contribution in [-0.4, -0.2) is 35.2 Å². The van der Waals surface area contributed by atoms with E-state index in [2.05, 4.69) is 20.6 Å². The number of amides is 2. The Morgan fingerprint density at radius 3 is 2.53 bits per heavy atom. The minimum Gasteiger partial charge on any atom is -0.387 e. The Balaban J connectivity index is 1.67. The molecule has 1 aromatic heterocycles. The third kappa shape index (κ3) is 6.63. The zero-order valence-electron chi connectivity index (χ0n) is 18.3. The Labute approximate surface area is 188 Å². The summed E-state index contributed by atoms with van der Waals surface area (Å²) in [5, 5.41) is 7.62. The van der Waals surface area contributed by atoms with E-state index in [-0.39, 0.29) is 17.5 Å². The van der Waals surface area contributed by atoms with E-state index in [1.807, 2.05) is 61.5 Å². The number of amidine groups is 1. The Bertz CT molecular complexity index is 1080. The lowest BCUT2D eigenvalue weighted by molar-refractivity contribution is -0.123. The summed E-state index contributed by atoms with van der Waals surface area (Å²) in [6, 6.07) is 18.4. The van der Waals surface area contributed by atoms with Crippen molar-refractivity contribution in [1.82, 2.24) is 15.6 Å². The summed E-state index contributed by atoms with van der Waals surface area (Å²) in [5.74, 6) is -0.0397. The molecule has 0 aliphatic heterocycles. The highest BCUT2D eigenvalue weighted by molar-refractivity contribution is 5.98. The lowest BCUT2D eigenvalue weighted by atomic mass is 10.1. The van der Waals surface area contributed by atoms with Crippen LogP contribution in [0.5, 0.6) is 0 Å². The maximum Gasteiger partial charge on any atom is 0.270 e. The van der Waals surface area contributed by atoms with Crippen molar-refractivity contribution in [3.05, 3.63) is 78.1 Å². The van der Waals surface area contributed by atoms with Gasteiger partial charge in [0.15, 0.2) is 0 Å². The van der Waals surface area contributed by atoms with Gasteiger partial charge in [0.05, 0.1) is 5.84 Å². The van der Waals surface area contributed by atoms with Crippen molar-refractivity contribution in [2.45, 2.75) is 38.8 Å². The van der Waals surface area contributed by atoms with Crippen molar-refractivity contribution < 1.29 is 9.59 Å². The van der Waals surface area contributed by atoms with Gasteiger partial charge < -0.3 is 16.4 Å². The molecule has 2 amide bonds. The number of nitrogens with one attached hydrogen (secondary N) is 2. The normalized spacial score (nSPS) is 12.3. The molecule has 0 saturated carbocycles. The van der Waals surface area contributed by atoms with Gasteiger partial charge in [0.25, 0.3) is 5.91 Å². The number of hydrogen-bond donors (Lipinski definition) is 3. The Kier molecular flexibility index (Phi) is 8.31. The maximum absolute atomic E-state index is 12.9. The van der Waals surface area contributed by atoms with Gasteiger partial charge in [-0.15, -0.1) is 0 Å². The standard InChI is InChI=1S/C25H29N5O2/c1-2-23(26)27-14-8-13-21(24(31)29-16-18-9-4-3-5-10-18)30-25(32)22-15-19-11-6-7-12-20(19)17-28-22/h3-7,9-12,15,17,21H,2,8,13-14,16H2,1H3,(H2,26,27)(H,29,31)(H,30,32)/t21-/m0/s1. The number of pyridine rings is 1. The number of carbonyl (C=O) groups excluding carboxylic acids is 2. The Morgan fingerprint density at radius 1 is 1.06 bits per heavy atom. The molecule has 4 N–H and O–H groups in total. The van der Waals surface area contributed by atoms with Gasteiger partial charge in [-0.3, -0.25) is 19.6 Å². The summed E-state index contributed by atoms with van der Waals surface area (Å²) in [4.78, 5) is 34.3. The summed E-state index contributed by atoms with van der Waals surface area (Å²) < 4.78 is 0. The van der Waals surface area contributed by atoms with E-state index in [9.17, 15) is 9.59 Å². The number of aromatic nitrogens is 1. The van der Waals surface area contributed by atoms with Crippen LogP contribution in [-0.2, 0) is 11.3 Å². The van der Waals surface area contributed by atoms with Crippen LogP contribution in [0.4, 0.5) is 0 Å². The van der Waals surface area contributed by atoms with Crippen LogP contribution in [0.25, 0.3) is 10.8 Å². The summed E-state index contributed by atoms with van der Waals surface area (Å²) in [7, 11) is 0. The fourth-order valence-electron chi connectivity index (χ4n) is 3.25. The maximum atomic E-state index is 12.9. The molecule has 0 spiro atoms. The zero-order chi connectivity index (χ0) is 22.8. The van der Waals surface area contributed by atoms with Crippen molar-refractivity contribution in [1.29, 1.82) is 0 Å². The van der Waals surface area contributed by atoms with Gasteiger partial charge in [0, 0.05) is 31.1 Å². The summed E-state index contributed by atoms with van der Waals surface area (Å²) in [6.07, 6.45) is 3.41. The molecule has 0 saturated heterocycles. The molecule has 2 aromatic carbocycles. The highest BCUT2D eigenvalue weighted by atomic mass is 16.2. The first kappa shape index (κ1) is 22.9. The van der Waals surface area contributed by atoms with E-state index in [0.717, 1.165) is 16.3 Å². The number of rotatable bonds is 10. The fraction of sp³-hybridized carbons (Fsp3) is 0.280. The summed E-state index contributed by atoms with van der Waals surface area (Å²) in [5.41, 5.74) is 7.02. The molecular formula is C25H29N5O2. The topological polar surface area (TPSA) is 109 Å². The second-order valence-corrected chi connectivity index (χ2v) is 7.51. The van der Waals surface area contributed by atoms with Crippen molar-refractivity contribution >= 4 is 28.4 Å². The van der Waals surface area contributed by atoms with E-state index in [0.29, 0.717) is 38.2 Å². The summed E-state index contributed by atoms with van der Waals surface area (Å²) in [6.45, 7) is 2.84. The zero-order valence-corrected chi connectivity index (χ0v) is 18.3. The SMILES string of the molecule is CCC(N)=NCCC[C@H](NC(=O)c1cc2ccccc2cn1)C(=O)NCc1ccccc1. The van der Waals surface area contributed by atoms with Gasteiger partial charge >= 0.3 is 0 Å². The van der Waals surface area contributed by atoms with Crippen LogP contribution in [0.3, 0.4) is 0 Å². The van der Waals surface area contributed by atoms with E-state index in [1.165, 1.54) is 0 Å². The molecule has 0 aliphatic carbocycles. The van der Waals surface area contributed by atoms with E-state index in [1.54, 1.807) is 12.3 Å². The third-order valence-corrected chi connectivity index (χ3v) is 5.12. The van der Waals surface area contributed by atoms with Crippen LogP contribution in [0.2, 0.25) is 0 Å². The summed E-state index contributed by atoms with van der Waals surface area (Å²) >= 11 is 0. The van der Waals surface area contributed by atoms with Crippen LogP contribution >= 0.6 is 0 Å². The molecule has 7 heteroatoms. The van der Waals surface area contributed by atoms with E-state index >= 15 is 0 Å². The lowest BCUT2D eigenvalue weighted by Gasteiger charge is -2.18. The monoisotopic (exact) mass is 431 g/mol. The molecular weight excluding hydrogens is 402 g/mol. The number of nitrogens with zero attached hydrogens (tertiary/aromatic N) is 2. The number of aliphatic imine (C=N–C) groups is 1. The van der Waals surface area contributed by atoms with Crippen molar-refractivity contribution in [3.63, 3.8) is 0 Å². The van der Waals surface area contributed by atoms with Gasteiger partial charge in [0.1, 0.15) is 11.7 Å². The predicted octanol–water partition coefficient (Wildman–Crippen LogP) is 3.20. The minimum atomic E-state index is -0.697.